The molecule has 0 fully saturated rings. The van der Waals surface area contributed by atoms with Gasteiger partial charge in [-0.2, -0.15) is 4.57 Å². The van der Waals surface area contributed by atoms with Gasteiger partial charge in [0.05, 0.1) is 5.56 Å². The van der Waals surface area contributed by atoms with Gasteiger partial charge in [-0.15, -0.1) is 0 Å². The smallest absolute Gasteiger partial charge is 0.233 e. The molecule has 0 saturated heterocycles. The van der Waals surface area contributed by atoms with Gasteiger partial charge in [0.2, 0.25) is 12.3 Å². The third-order valence-electron chi connectivity index (χ3n) is 3.31. The molecule has 1 heterocycles. The number of pyridine rings is 1. The zero-order valence-corrected chi connectivity index (χ0v) is 11.1. The lowest BCUT2D eigenvalue weighted by atomic mass is 10.1. The maximum atomic E-state index is 13.6. The van der Waals surface area contributed by atoms with E-state index in [-0.39, 0.29) is 6.54 Å². The first-order valence-electron chi connectivity index (χ1n) is 6.50. The normalized spacial score (nSPS) is 10.8. The summed E-state index contributed by atoms with van der Waals surface area (Å²) in [5.41, 5.74) is -0.488. The molecule has 0 aliphatic carbocycles. The molecule has 0 aliphatic rings. The molecule has 0 spiro atoms. The maximum absolute atomic E-state index is 13.6. The molecule has 0 radical (unpaired) electrons. The summed E-state index contributed by atoms with van der Waals surface area (Å²) in [5.74, 6) is -2.26. The second-order valence-corrected chi connectivity index (χ2v) is 4.77. The van der Waals surface area contributed by atoms with Crippen molar-refractivity contribution in [1.82, 2.24) is 0 Å². The molecule has 0 N–H and O–H groups in total. The summed E-state index contributed by atoms with van der Waals surface area (Å²) in [5, 5.41) is 2.00. The van der Waals surface area contributed by atoms with Gasteiger partial charge in [0.1, 0.15) is 11.6 Å². The second-order valence-electron chi connectivity index (χ2n) is 4.77. The Morgan fingerprint density at radius 2 is 1.57 bits per heavy atom. The number of halogens is 2. The third-order valence-corrected chi connectivity index (χ3v) is 3.31. The van der Waals surface area contributed by atoms with E-state index in [4.69, 9.17) is 0 Å². The zero-order chi connectivity index (χ0) is 14.8. The van der Waals surface area contributed by atoms with Gasteiger partial charge in [-0.3, -0.25) is 4.79 Å². The third kappa shape index (κ3) is 2.65. The fraction of sp³-hybridized carbons (Fsp3) is 0.0588. The first-order chi connectivity index (χ1) is 10.1. The predicted octanol–water partition coefficient (Wildman–Crippen LogP) is 3.29. The van der Waals surface area contributed by atoms with Gasteiger partial charge in [0, 0.05) is 11.5 Å². The summed E-state index contributed by atoms with van der Waals surface area (Å²) in [6.45, 7) is -0.108. The van der Waals surface area contributed by atoms with E-state index in [9.17, 15) is 13.6 Å². The van der Waals surface area contributed by atoms with Crippen LogP contribution in [0.2, 0.25) is 0 Å². The van der Waals surface area contributed by atoms with Gasteiger partial charge >= 0.3 is 0 Å². The van der Waals surface area contributed by atoms with E-state index in [2.05, 4.69) is 0 Å². The quantitative estimate of drug-likeness (QED) is 0.534. The van der Waals surface area contributed by atoms with Crippen LogP contribution < -0.4 is 4.57 Å². The molecule has 3 rings (SSSR count). The monoisotopic (exact) mass is 284 g/mol. The average molecular weight is 284 g/mol. The molecule has 0 aliphatic heterocycles. The Balaban J connectivity index is 1.93. The van der Waals surface area contributed by atoms with Crippen molar-refractivity contribution in [2.24, 2.45) is 0 Å². The van der Waals surface area contributed by atoms with Crippen LogP contribution in [0.5, 0.6) is 0 Å². The summed E-state index contributed by atoms with van der Waals surface area (Å²) in [4.78, 5) is 12.1. The topological polar surface area (TPSA) is 20.9 Å². The Labute approximate surface area is 120 Å². The molecule has 0 unspecified atom stereocenters. The van der Waals surface area contributed by atoms with Gasteiger partial charge in [0.25, 0.3) is 0 Å². The Morgan fingerprint density at radius 1 is 0.905 bits per heavy atom. The SMILES string of the molecule is O=C(C[n+]1ccc2ccccc2c1)c1c(F)cccc1F. The number of carbonyl (C=O) groups is 1. The minimum atomic E-state index is -0.832. The van der Waals surface area contributed by atoms with Crippen LogP contribution in [0.25, 0.3) is 10.8 Å². The largest absolute Gasteiger partial charge is 0.287 e. The van der Waals surface area contributed by atoms with Crippen molar-refractivity contribution in [2.75, 3.05) is 0 Å². The number of Topliss-reactive ketones (excluding diaryl/α,β-unsaturated/α-hetero) is 1. The number of fused-ring (bicyclic) bond motifs is 1. The van der Waals surface area contributed by atoms with Crippen LogP contribution in [0.1, 0.15) is 10.4 Å². The molecular formula is C17H12F2NO+. The Hall–Kier alpha value is -2.62. The van der Waals surface area contributed by atoms with E-state index in [1.54, 1.807) is 17.0 Å². The standard InChI is InChI=1S/C17H12F2NO/c18-14-6-3-7-15(19)17(14)16(21)11-20-9-8-12-4-1-2-5-13(12)10-20/h1-10H,11H2/q+1. The number of rotatable bonds is 3. The average Bonchev–Trinajstić information content (AvgIpc) is 2.47. The molecular weight excluding hydrogens is 272 g/mol. The summed E-state index contributed by atoms with van der Waals surface area (Å²) in [7, 11) is 0. The van der Waals surface area contributed by atoms with Crippen molar-refractivity contribution < 1.29 is 18.1 Å². The van der Waals surface area contributed by atoms with Crippen molar-refractivity contribution >= 4 is 16.6 Å². The number of aromatic nitrogens is 1. The molecule has 2 aromatic carbocycles. The zero-order valence-electron chi connectivity index (χ0n) is 11.1. The molecule has 4 heteroatoms. The van der Waals surface area contributed by atoms with Crippen molar-refractivity contribution in [1.29, 1.82) is 0 Å². The molecule has 0 bridgehead atoms. The summed E-state index contributed by atoms with van der Waals surface area (Å²) >= 11 is 0. The number of carbonyl (C=O) groups excluding carboxylic acids is 1. The lowest BCUT2D eigenvalue weighted by molar-refractivity contribution is -0.681. The van der Waals surface area contributed by atoms with Gasteiger partial charge < -0.3 is 0 Å². The van der Waals surface area contributed by atoms with E-state index in [1.807, 2.05) is 30.3 Å². The van der Waals surface area contributed by atoms with Crippen LogP contribution in [0.3, 0.4) is 0 Å². The minimum Gasteiger partial charge on any atom is -0.287 e. The highest BCUT2D eigenvalue weighted by Gasteiger charge is 2.20. The second kappa shape index (κ2) is 5.40. The van der Waals surface area contributed by atoms with E-state index in [1.165, 1.54) is 6.07 Å². The summed E-state index contributed by atoms with van der Waals surface area (Å²) < 4.78 is 28.8. The first kappa shape index (κ1) is 13.4. The van der Waals surface area contributed by atoms with Crippen LogP contribution in [0.4, 0.5) is 8.78 Å². The number of benzene rings is 2. The lowest BCUT2D eigenvalue weighted by Crippen LogP contribution is -2.37. The van der Waals surface area contributed by atoms with Crippen LogP contribution in [0, 0.1) is 11.6 Å². The van der Waals surface area contributed by atoms with E-state index < -0.39 is 23.0 Å². The van der Waals surface area contributed by atoms with Crippen LogP contribution in [0.15, 0.2) is 60.9 Å². The molecule has 2 nitrogen and oxygen atoms in total. The Kier molecular flexibility index (Phi) is 3.44. The summed E-state index contributed by atoms with van der Waals surface area (Å²) in [6.07, 6.45) is 3.50. The highest BCUT2D eigenvalue weighted by molar-refractivity contribution is 5.95. The number of ketones is 1. The molecule has 0 atom stereocenters. The highest BCUT2D eigenvalue weighted by Crippen LogP contribution is 2.13. The Bertz CT molecular complexity index is 810. The molecule has 3 aromatic rings. The molecule has 0 saturated carbocycles. The van der Waals surface area contributed by atoms with Crippen molar-refractivity contribution in [3.05, 3.63) is 78.1 Å². The van der Waals surface area contributed by atoms with Gasteiger partial charge in [-0.25, -0.2) is 8.78 Å². The number of hydrogen-bond donors (Lipinski definition) is 0. The fourth-order valence-corrected chi connectivity index (χ4v) is 2.29. The van der Waals surface area contributed by atoms with Crippen LogP contribution in [-0.4, -0.2) is 5.78 Å². The van der Waals surface area contributed by atoms with Gasteiger partial charge in [-0.05, 0) is 23.6 Å². The van der Waals surface area contributed by atoms with E-state index in [0.29, 0.717) is 0 Å². The van der Waals surface area contributed by atoms with Crippen molar-refractivity contribution in [3.63, 3.8) is 0 Å². The highest BCUT2D eigenvalue weighted by atomic mass is 19.1. The van der Waals surface area contributed by atoms with Crippen molar-refractivity contribution in [2.45, 2.75) is 6.54 Å². The summed E-state index contributed by atoms with van der Waals surface area (Å²) in [6, 6.07) is 13.0. The van der Waals surface area contributed by atoms with Gasteiger partial charge in [-0.1, -0.05) is 24.3 Å². The lowest BCUT2D eigenvalue weighted by Gasteiger charge is -2.02. The van der Waals surface area contributed by atoms with E-state index >= 15 is 0 Å². The molecule has 104 valence electrons. The number of nitrogens with zero attached hydrogens (tertiary/aromatic N) is 1. The maximum Gasteiger partial charge on any atom is 0.233 e. The number of hydrogen-bond acceptors (Lipinski definition) is 1. The van der Waals surface area contributed by atoms with Crippen molar-refractivity contribution in [3.8, 4) is 0 Å². The van der Waals surface area contributed by atoms with Crippen LogP contribution >= 0.6 is 0 Å². The molecule has 1 aromatic heterocycles. The fourth-order valence-electron chi connectivity index (χ4n) is 2.29. The minimum absolute atomic E-state index is 0.108. The van der Waals surface area contributed by atoms with E-state index in [0.717, 1.165) is 22.9 Å². The predicted molar refractivity (Wildman–Crippen MR) is 74.8 cm³/mol. The van der Waals surface area contributed by atoms with Crippen LogP contribution in [-0.2, 0) is 6.54 Å². The van der Waals surface area contributed by atoms with Gasteiger partial charge in [0.15, 0.2) is 12.4 Å². The first-order valence-corrected chi connectivity index (χ1v) is 6.50. The Morgan fingerprint density at radius 3 is 2.29 bits per heavy atom. The molecule has 21 heavy (non-hydrogen) atoms. The molecule has 0 amide bonds.